The van der Waals surface area contributed by atoms with E-state index < -0.39 is 11.7 Å². The van der Waals surface area contributed by atoms with E-state index in [1.54, 1.807) is 0 Å². The Morgan fingerprint density at radius 1 is 1.20 bits per heavy atom. The molecule has 2 rings (SSSR count). The van der Waals surface area contributed by atoms with E-state index in [9.17, 15) is 13.2 Å². The summed E-state index contributed by atoms with van der Waals surface area (Å²) < 4.78 is 38.0. The first-order chi connectivity index (χ1) is 6.93. The van der Waals surface area contributed by atoms with Crippen molar-refractivity contribution in [1.82, 2.24) is 10.2 Å². The lowest BCUT2D eigenvalue weighted by molar-refractivity contribution is -0.168. The third-order valence-corrected chi connectivity index (χ3v) is 3.49. The Morgan fingerprint density at radius 2 is 1.73 bits per heavy atom. The van der Waals surface area contributed by atoms with E-state index in [4.69, 9.17) is 0 Å². The van der Waals surface area contributed by atoms with Gasteiger partial charge in [-0.3, -0.25) is 0 Å². The quantitative estimate of drug-likeness (QED) is 0.766. The molecule has 0 aromatic heterocycles. The molecule has 0 bridgehead atoms. The lowest BCUT2D eigenvalue weighted by Crippen LogP contribution is -2.52. The van der Waals surface area contributed by atoms with Crippen molar-refractivity contribution in [3.63, 3.8) is 0 Å². The number of nitrogens with one attached hydrogen (secondary N) is 1. The monoisotopic (exact) mass is 222 g/mol. The summed E-state index contributed by atoms with van der Waals surface area (Å²) in [7, 11) is 2.01. The van der Waals surface area contributed by atoms with Crippen molar-refractivity contribution < 1.29 is 13.2 Å². The number of nitrogens with zero attached hydrogens (tertiary/aromatic N) is 1. The molecule has 1 saturated carbocycles. The fraction of sp³-hybridized carbons (Fsp3) is 1.00. The van der Waals surface area contributed by atoms with Gasteiger partial charge in [-0.1, -0.05) is 0 Å². The van der Waals surface area contributed by atoms with Crippen LogP contribution in [0.15, 0.2) is 0 Å². The van der Waals surface area contributed by atoms with Gasteiger partial charge in [-0.15, -0.1) is 0 Å². The highest BCUT2D eigenvalue weighted by atomic mass is 19.4. The molecule has 0 aromatic carbocycles. The maximum atomic E-state index is 12.7. The van der Waals surface area contributed by atoms with E-state index in [0.717, 1.165) is 25.9 Å². The third kappa shape index (κ3) is 2.28. The van der Waals surface area contributed by atoms with Crippen molar-refractivity contribution >= 4 is 0 Å². The highest BCUT2D eigenvalue weighted by Crippen LogP contribution is 2.49. The second-order valence-electron chi connectivity index (χ2n) is 4.80. The van der Waals surface area contributed by atoms with Gasteiger partial charge in [0.2, 0.25) is 0 Å². The second-order valence-corrected chi connectivity index (χ2v) is 4.80. The fourth-order valence-electron chi connectivity index (χ4n) is 2.18. The summed E-state index contributed by atoms with van der Waals surface area (Å²) in [4.78, 5) is 2.16. The van der Waals surface area contributed by atoms with Crippen molar-refractivity contribution in [2.24, 2.45) is 0 Å². The van der Waals surface area contributed by atoms with Crippen molar-refractivity contribution in [2.45, 2.75) is 43.4 Å². The van der Waals surface area contributed by atoms with Gasteiger partial charge < -0.3 is 10.2 Å². The van der Waals surface area contributed by atoms with Crippen LogP contribution in [0.3, 0.4) is 0 Å². The van der Waals surface area contributed by atoms with Gasteiger partial charge in [0.25, 0.3) is 0 Å². The molecule has 2 nitrogen and oxygen atoms in total. The lowest BCUT2D eigenvalue weighted by Gasteiger charge is -2.33. The van der Waals surface area contributed by atoms with Crippen molar-refractivity contribution in [3.8, 4) is 0 Å². The van der Waals surface area contributed by atoms with E-state index >= 15 is 0 Å². The van der Waals surface area contributed by atoms with E-state index in [-0.39, 0.29) is 18.9 Å². The summed E-state index contributed by atoms with van der Waals surface area (Å²) in [5.74, 6) is 0. The van der Waals surface area contributed by atoms with Gasteiger partial charge >= 0.3 is 6.18 Å². The Morgan fingerprint density at radius 3 is 2.13 bits per heavy atom. The lowest BCUT2D eigenvalue weighted by atomic mass is 10.0. The van der Waals surface area contributed by atoms with Crippen molar-refractivity contribution in [3.05, 3.63) is 0 Å². The van der Waals surface area contributed by atoms with Gasteiger partial charge in [0.15, 0.2) is 0 Å². The fourth-order valence-corrected chi connectivity index (χ4v) is 2.18. The Bertz CT molecular complexity index is 227. The summed E-state index contributed by atoms with van der Waals surface area (Å²) in [5.41, 5.74) is -1.53. The minimum absolute atomic E-state index is 0.0466. The van der Waals surface area contributed by atoms with Crippen LogP contribution in [0.5, 0.6) is 0 Å². The molecule has 0 unspecified atom stereocenters. The number of alkyl halides is 3. The van der Waals surface area contributed by atoms with Gasteiger partial charge in [-0.2, -0.15) is 13.2 Å². The standard InChI is InChI=1S/C10H17F3N2/c1-15-6-2-8(3-7-15)14-9(4-5-9)10(11,12)13/h8,14H,2-7H2,1H3. The van der Waals surface area contributed by atoms with Gasteiger partial charge in [0.05, 0.1) is 0 Å². The van der Waals surface area contributed by atoms with Crippen molar-refractivity contribution in [1.29, 1.82) is 0 Å². The van der Waals surface area contributed by atoms with Crippen LogP contribution in [-0.2, 0) is 0 Å². The molecular formula is C10H17F3N2. The molecule has 88 valence electrons. The zero-order chi connectivity index (χ0) is 11.1. The number of hydrogen-bond donors (Lipinski definition) is 1. The van der Waals surface area contributed by atoms with E-state index in [0.29, 0.717) is 0 Å². The summed E-state index contributed by atoms with van der Waals surface area (Å²) in [5, 5.41) is 2.82. The van der Waals surface area contributed by atoms with Gasteiger partial charge in [-0.05, 0) is 45.8 Å². The number of hydrogen-bond acceptors (Lipinski definition) is 2. The molecule has 0 atom stereocenters. The zero-order valence-corrected chi connectivity index (χ0v) is 8.90. The normalized spacial score (nSPS) is 28.0. The molecule has 2 aliphatic rings. The largest absolute Gasteiger partial charge is 0.406 e. The molecule has 15 heavy (non-hydrogen) atoms. The molecule has 1 N–H and O–H groups in total. The SMILES string of the molecule is CN1CCC(NC2(C(F)(F)F)CC2)CC1. The van der Waals surface area contributed by atoms with Crippen LogP contribution in [0.4, 0.5) is 13.2 Å². The van der Waals surface area contributed by atoms with E-state index in [1.807, 2.05) is 7.05 Å². The average Bonchev–Trinajstić information content (AvgIpc) is 2.89. The Balaban J connectivity index is 1.87. The summed E-state index contributed by atoms with van der Waals surface area (Å²) in [6, 6.07) is 0.0466. The molecule has 5 heteroatoms. The number of piperidine rings is 1. The van der Waals surface area contributed by atoms with Crippen LogP contribution >= 0.6 is 0 Å². The molecule has 0 amide bonds. The average molecular weight is 222 g/mol. The number of rotatable bonds is 2. The van der Waals surface area contributed by atoms with Crippen LogP contribution < -0.4 is 5.32 Å². The highest BCUT2D eigenvalue weighted by Gasteiger charge is 2.63. The first kappa shape index (κ1) is 11.2. The van der Waals surface area contributed by atoms with Gasteiger partial charge in [0.1, 0.15) is 5.54 Å². The number of likely N-dealkylation sites (tertiary alicyclic amines) is 1. The minimum Gasteiger partial charge on any atom is -0.306 e. The van der Waals surface area contributed by atoms with Crippen molar-refractivity contribution in [2.75, 3.05) is 20.1 Å². The van der Waals surface area contributed by atoms with E-state index in [2.05, 4.69) is 10.2 Å². The van der Waals surface area contributed by atoms with Crippen LogP contribution in [0.2, 0.25) is 0 Å². The Hall–Kier alpha value is -0.290. The first-order valence-electron chi connectivity index (χ1n) is 5.46. The van der Waals surface area contributed by atoms with Crippen LogP contribution in [0.1, 0.15) is 25.7 Å². The molecule has 0 aromatic rings. The third-order valence-electron chi connectivity index (χ3n) is 3.49. The van der Waals surface area contributed by atoms with E-state index in [1.165, 1.54) is 0 Å². The summed E-state index contributed by atoms with van der Waals surface area (Å²) in [6.07, 6.45) is -1.91. The van der Waals surface area contributed by atoms with Crippen LogP contribution in [-0.4, -0.2) is 42.8 Å². The van der Waals surface area contributed by atoms with Gasteiger partial charge in [-0.25, -0.2) is 0 Å². The predicted octanol–water partition coefficient (Wildman–Crippen LogP) is 1.77. The topological polar surface area (TPSA) is 15.3 Å². The molecule has 1 aliphatic carbocycles. The molecule has 0 radical (unpaired) electrons. The first-order valence-corrected chi connectivity index (χ1v) is 5.46. The summed E-state index contributed by atoms with van der Waals surface area (Å²) >= 11 is 0. The predicted molar refractivity (Wildman–Crippen MR) is 51.7 cm³/mol. The van der Waals surface area contributed by atoms with Crippen LogP contribution in [0.25, 0.3) is 0 Å². The molecule has 1 saturated heterocycles. The van der Waals surface area contributed by atoms with Gasteiger partial charge in [0, 0.05) is 6.04 Å². The smallest absolute Gasteiger partial charge is 0.306 e. The molecule has 2 fully saturated rings. The summed E-state index contributed by atoms with van der Waals surface area (Å²) in [6.45, 7) is 1.79. The minimum atomic E-state index is -4.07. The molecule has 1 heterocycles. The zero-order valence-electron chi connectivity index (χ0n) is 8.90. The second kappa shape index (κ2) is 3.63. The highest BCUT2D eigenvalue weighted by molar-refractivity contribution is 5.09. The Labute approximate surface area is 87.8 Å². The molecule has 0 spiro atoms. The molecule has 1 aliphatic heterocycles. The maximum absolute atomic E-state index is 12.7. The van der Waals surface area contributed by atoms with Crippen LogP contribution in [0, 0.1) is 0 Å². The number of halogens is 3. The maximum Gasteiger partial charge on any atom is 0.406 e. The molecular weight excluding hydrogens is 205 g/mol. The Kier molecular flexibility index (Phi) is 2.71.